The summed E-state index contributed by atoms with van der Waals surface area (Å²) >= 11 is 0. The van der Waals surface area contributed by atoms with Gasteiger partial charge in [0.05, 0.1) is 0 Å². The van der Waals surface area contributed by atoms with Crippen molar-refractivity contribution in [3.8, 4) is 0 Å². The maximum absolute atomic E-state index is 3.71. The van der Waals surface area contributed by atoms with E-state index < -0.39 is 0 Å². The molecule has 0 bridgehead atoms. The number of nitrogens with zero attached hydrogens (tertiary/aromatic N) is 1. The van der Waals surface area contributed by atoms with Gasteiger partial charge in [0, 0.05) is 18.6 Å². The maximum atomic E-state index is 3.71. The van der Waals surface area contributed by atoms with Gasteiger partial charge in [-0.1, -0.05) is 31.2 Å². The van der Waals surface area contributed by atoms with Crippen LogP contribution in [0.1, 0.15) is 37.3 Å². The zero-order chi connectivity index (χ0) is 13.0. The second-order valence-corrected chi connectivity index (χ2v) is 5.76. The third-order valence-electron chi connectivity index (χ3n) is 4.28. The van der Waals surface area contributed by atoms with Crippen molar-refractivity contribution in [2.24, 2.45) is 0 Å². The van der Waals surface area contributed by atoms with Gasteiger partial charge >= 0.3 is 0 Å². The van der Waals surface area contributed by atoms with Gasteiger partial charge in [-0.2, -0.15) is 0 Å². The average molecular weight is 246 g/mol. The first-order valence-corrected chi connectivity index (χ1v) is 7.13. The standard InChI is InChI=1S/C16H26N2/c1-4-16(10-7-11-17-16)13-18(3)12-15-9-6-5-8-14(15)2/h5-6,8-9,17H,4,7,10-13H2,1-3H3. The molecule has 2 heteroatoms. The van der Waals surface area contributed by atoms with Crippen molar-refractivity contribution in [2.75, 3.05) is 20.1 Å². The van der Waals surface area contributed by atoms with Crippen molar-refractivity contribution >= 4 is 0 Å². The van der Waals surface area contributed by atoms with Crippen LogP contribution in [0.4, 0.5) is 0 Å². The van der Waals surface area contributed by atoms with E-state index in [2.05, 4.69) is 55.4 Å². The molecule has 1 aliphatic heterocycles. The van der Waals surface area contributed by atoms with Gasteiger partial charge in [0.2, 0.25) is 0 Å². The van der Waals surface area contributed by atoms with Crippen LogP contribution in [0, 0.1) is 6.92 Å². The number of benzene rings is 1. The SMILES string of the molecule is CCC1(CN(C)Cc2ccccc2C)CCCN1. The lowest BCUT2D eigenvalue weighted by Crippen LogP contribution is -2.48. The molecule has 2 rings (SSSR count). The van der Waals surface area contributed by atoms with Crippen LogP contribution in [0.25, 0.3) is 0 Å². The van der Waals surface area contributed by atoms with E-state index in [0.717, 1.165) is 13.1 Å². The lowest BCUT2D eigenvalue weighted by Gasteiger charge is -2.33. The van der Waals surface area contributed by atoms with E-state index >= 15 is 0 Å². The maximum Gasteiger partial charge on any atom is 0.0306 e. The normalized spacial score (nSPS) is 23.8. The van der Waals surface area contributed by atoms with Crippen molar-refractivity contribution in [2.45, 2.75) is 45.2 Å². The summed E-state index contributed by atoms with van der Waals surface area (Å²) in [6.07, 6.45) is 3.87. The van der Waals surface area contributed by atoms with Crippen LogP contribution >= 0.6 is 0 Å². The van der Waals surface area contributed by atoms with Gasteiger partial charge in [-0.25, -0.2) is 0 Å². The van der Waals surface area contributed by atoms with Gasteiger partial charge in [0.25, 0.3) is 0 Å². The van der Waals surface area contributed by atoms with E-state index in [1.165, 1.54) is 36.9 Å². The molecule has 100 valence electrons. The van der Waals surface area contributed by atoms with Crippen molar-refractivity contribution in [1.82, 2.24) is 10.2 Å². The number of hydrogen-bond acceptors (Lipinski definition) is 2. The first-order chi connectivity index (χ1) is 8.65. The molecule has 1 heterocycles. The number of aryl methyl sites for hydroxylation is 1. The Bertz CT molecular complexity index is 380. The second kappa shape index (κ2) is 5.85. The summed E-state index contributed by atoms with van der Waals surface area (Å²) in [5, 5.41) is 3.71. The minimum absolute atomic E-state index is 0.359. The molecule has 1 N–H and O–H groups in total. The molecule has 1 unspecified atom stereocenters. The van der Waals surface area contributed by atoms with E-state index in [-0.39, 0.29) is 0 Å². The van der Waals surface area contributed by atoms with Crippen LogP contribution in [0.15, 0.2) is 24.3 Å². The van der Waals surface area contributed by atoms with Gasteiger partial charge in [0.15, 0.2) is 0 Å². The summed E-state index contributed by atoms with van der Waals surface area (Å²) in [4.78, 5) is 2.46. The summed E-state index contributed by atoms with van der Waals surface area (Å²) in [5.74, 6) is 0. The molecule has 1 fully saturated rings. The van der Waals surface area contributed by atoms with Crippen LogP contribution in [0.5, 0.6) is 0 Å². The Hall–Kier alpha value is -0.860. The van der Waals surface area contributed by atoms with Crippen LogP contribution in [0.2, 0.25) is 0 Å². The summed E-state index contributed by atoms with van der Waals surface area (Å²) in [5.41, 5.74) is 3.20. The van der Waals surface area contributed by atoms with E-state index in [0.29, 0.717) is 5.54 Å². The lowest BCUT2D eigenvalue weighted by molar-refractivity contribution is 0.214. The zero-order valence-corrected chi connectivity index (χ0v) is 12.0. The van der Waals surface area contributed by atoms with Gasteiger partial charge in [-0.3, -0.25) is 0 Å². The summed E-state index contributed by atoms with van der Waals surface area (Å²) in [7, 11) is 2.24. The molecular formula is C16H26N2. The Labute approximate surface area is 111 Å². The number of nitrogens with one attached hydrogen (secondary N) is 1. The van der Waals surface area contributed by atoms with E-state index in [1.54, 1.807) is 0 Å². The van der Waals surface area contributed by atoms with Crippen molar-refractivity contribution in [3.05, 3.63) is 35.4 Å². The Morgan fingerprint density at radius 1 is 1.33 bits per heavy atom. The Morgan fingerprint density at radius 3 is 2.72 bits per heavy atom. The fourth-order valence-electron chi connectivity index (χ4n) is 3.07. The third kappa shape index (κ3) is 3.12. The quantitative estimate of drug-likeness (QED) is 0.859. The molecule has 1 aromatic carbocycles. The molecule has 0 amide bonds. The zero-order valence-electron chi connectivity index (χ0n) is 12.0. The molecule has 0 spiro atoms. The highest BCUT2D eigenvalue weighted by Crippen LogP contribution is 2.24. The minimum atomic E-state index is 0.359. The molecule has 0 aromatic heterocycles. The van der Waals surface area contributed by atoms with Crippen molar-refractivity contribution in [1.29, 1.82) is 0 Å². The first-order valence-electron chi connectivity index (χ1n) is 7.13. The van der Waals surface area contributed by atoms with Gasteiger partial charge in [-0.05, 0) is 50.9 Å². The first kappa shape index (κ1) is 13.6. The molecule has 1 aliphatic rings. The van der Waals surface area contributed by atoms with Crippen LogP contribution in [0.3, 0.4) is 0 Å². The lowest BCUT2D eigenvalue weighted by atomic mass is 9.93. The van der Waals surface area contributed by atoms with Crippen LogP contribution < -0.4 is 5.32 Å². The molecule has 1 atom stereocenters. The molecule has 2 nitrogen and oxygen atoms in total. The number of hydrogen-bond donors (Lipinski definition) is 1. The van der Waals surface area contributed by atoms with Gasteiger partial charge in [-0.15, -0.1) is 0 Å². The smallest absolute Gasteiger partial charge is 0.0306 e. The topological polar surface area (TPSA) is 15.3 Å². The largest absolute Gasteiger partial charge is 0.310 e. The summed E-state index contributed by atoms with van der Waals surface area (Å²) in [6, 6.07) is 8.70. The molecule has 0 saturated carbocycles. The van der Waals surface area contributed by atoms with Crippen LogP contribution in [-0.4, -0.2) is 30.6 Å². The fraction of sp³-hybridized carbons (Fsp3) is 0.625. The predicted molar refractivity (Wildman–Crippen MR) is 77.8 cm³/mol. The number of likely N-dealkylation sites (N-methyl/N-ethyl adjacent to an activating group) is 1. The van der Waals surface area contributed by atoms with Crippen LogP contribution in [-0.2, 0) is 6.54 Å². The average Bonchev–Trinajstić information content (AvgIpc) is 2.81. The molecule has 18 heavy (non-hydrogen) atoms. The molecular weight excluding hydrogens is 220 g/mol. The monoisotopic (exact) mass is 246 g/mol. The highest BCUT2D eigenvalue weighted by Gasteiger charge is 2.32. The molecule has 1 aromatic rings. The van der Waals surface area contributed by atoms with Crippen molar-refractivity contribution in [3.63, 3.8) is 0 Å². The van der Waals surface area contributed by atoms with Gasteiger partial charge < -0.3 is 10.2 Å². The van der Waals surface area contributed by atoms with E-state index in [1.807, 2.05) is 0 Å². The van der Waals surface area contributed by atoms with E-state index in [9.17, 15) is 0 Å². The fourth-order valence-corrected chi connectivity index (χ4v) is 3.07. The Kier molecular flexibility index (Phi) is 4.41. The Balaban J connectivity index is 1.96. The van der Waals surface area contributed by atoms with Gasteiger partial charge in [0.1, 0.15) is 0 Å². The Morgan fingerprint density at radius 2 is 2.11 bits per heavy atom. The number of rotatable bonds is 5. The summed E-state index contributed by atoms with van der Waals surface area (Å²) < 4.78 is 0. The minimum Gasteiger partial charge on any atom is -0.310 e. The highest BCUT2D eigenvalue weighted by atomic mass is 15.2. The third-order valence-corrected chi connectivity index (χ3v) is 4.28. The highest BCUT2D eigenvalue weighted by molar-refractivity contribution is 5.25. The molecule has 1 saturated heterocycles. The molecule has 0 radical (unpaired) electrons. The molecule has 0 aliphatic carbocycles. The van der Waals surface area contributed by atoms with Crippen molar-refractivity contribution < 1.29 is 0 Å². The second-order valence-electron chi connectivity index (χ2n) is 5.76. The van der Waals surface area contributed by atoms with E-state index in [4.69, 9.17) is 0 Å². The summed E-state index contributed by atoms with van der Waals surface area (Å²) in [6.45, 7) is 7.90. The predicted octanol–water partition coefficient (Wildman–Crippen LogP) is 2.96.